The van der Waals surface area contributed by atoms with Gasteiger partial charge in [0.25, 0.3) is 0 Å². The lowest BCUT2D eigenvalue weighted by molar-refractivity contribution is -0.125. The average Bonchev–Trinajstić information content (AvgIpc) is 3.39. The summed E-state index contributed by atoms with van der Waals surface area (Å²) in [5, 5.41) is 15.3. The molecular formula is C23H27N7O3S. The van der Waals surface area contributed by atoms with E-state index >= 15 is 0 Å². The average molecular weight is 482 g/mol. The normalized spacial score (nSPS) is 16.0. The summed E-state index contributed by atoms with van der Waals surface area (Å²) in [6, 6.07) is 5.94. The van der Waals surface area contributed by atoms with Crippen molar-refractivity contribution in [2.75, 3.05) is 23.9 Å². The first kappa shape index (κ1) is 22.3. The second-order valence-corrected chi connectivity index (χ2v) is 11.2. The Morgan fingerprint density at radius 2 is 2.15 bits per heavy atom. The molecule has 3 heterocycles. The molecule has 1 aliphatic carbocycles. The van der Waals surface area contributed by atoms with Crippen LogP contribution >= 0.6 is 0 Å². The summed E-state index contributed by atoms with van der Waals surface area (Å²) in [6.45, 7) is 0.358. The molecule has 10 nitrogen and oxygen atoms in total. The highest BCUT2D eigenvalue weighted by atomic mass is 32.2. The van der Waals surface area contributed by atoms with Crippen molar-refractivity contribution in [1.29, 1.82) is 0 Å². The number of H-pyrrole nitrogens is 1. The maximum Gasteiger partial charge on any atom is 0.223 e. The van der Waals surface area contributed by atoms with Gasteiger partial charge in [-0.05, 0) is 49.4 Å². The number of hydrogen-bond acceptors (Lipinski definition) is 7. The summed E-state index contributed by atoms with van der Waals surface area (Å²) in [5.41, 5.74) is 4.95. The zero-order valence-electron chi connectivity index (χ0n) is 19.1. The van der Waals surface area contributed by atoms with Gasteiger partial charge in [0, 0.05) is 42.5 Å². The number of sulfone groups is 1. The van der Waals surface area contributed by atoms with Crippen LogP contribution in [0.3, 0.4) is 0 Å². The van der Waals surface area contributed by atoms with Crippen LogP contribution in [0.15, 0.2) is 30.7 Å². The van der Waals surface area contributed by atoms with Crippen LogP contribution < -0.4 is 10.6 Å². The molecule has 34 heavy (non-hydrogen) atoms. The number of nitrogens with one attached hydrogen (secondary N) is 3. The molecule has 1 aromatic carbocycles. The molecule has 4 aromatic rings. The van der Waals surface area contributed by atoms with E-state index in [9.17, 15) is 13.2 Å². The van der Waals surface area contributed by atoms with Gasteiger partial charge in [-0.2, -0.15) is 5.10 Å². The lowest BCUT2D eigenvalue weighted by atomic mass is 9.86. The Morgan fingerprint density at radius 1 is 1.29 bits per heavy atom. The van der Waals surface area contributed by atoms with Gasteiger partial charge in [0.2, 0.25) is 5.91 Å². The van der Waals surface area contributed by atoms with E-state index in [2.05, 4.69) is 35.4 Å². The Hall–Kier alpha value is -3.47. The number of aromatic amines is 1. The fourth-order valence-electron chi connectivity index (χ4n) is 4.75. The second-order valence-electron chi connectivity index (χ2n) is 8.92. The largest absolute Gasteiger partial charge is 0.356 e. The fraction of sp³-hybridized carbons (Fsp3) is 0.391. The molecule has 3 N–H and O–H groups in total. The van der Waals surface area contributed by atoms with Crippen molar-refractivity contribution >= 4 is 49.2 Å². The van der Waals surface area contributed by atoms with Crippen LogP contribution in [-0.4, -0.2) is 57.6 Å². The van der Waals surface area contributed by atoms with Crippen molar-refractivity contribution in [3.05, 3.63) is 42.0 Å². The summed E-state index contributed by atoms with van der Waals surface area (Å²) in [4.78, 5) is 21.9. The monoisotopic (exact) mass is 481 g/mol. The van der Waals surface area contributed by atoms with E-state index in [1.54, 1.807) is 12.5 Å². The number of anilines is 2. The van der Waals surface area contributed by atoms with Crippen molar-refractivity contribution in [3.63, 3.8) is 0 Å². The predicted molar refractivity (Wildman–Crippen MR) is 131 cm³/mol. The lowest BCUT2D eigenvalue weighted by Crippen LogP contribution is -2.35. The maximum atomic E-state index is 12.8. The van der Waals surface area contributed by atoms with Gasteiger partial charge in [-0.15, -0.1) is 0 Å². The molecule has 0 aliphatic heterocycles. The molecule has 0 radical (unpaired) electrons. The molecule has 0 spiro atoms. The summed E-state index contributed by atoms with van der Waals surface area (Å²) in [7, 11) is -1.03. The summed E-state index contributed by atoms with van der Waals surface area (Å²) >= 11 is 0. The number of fused-ring (bicyclic) bond motifs is 4. The molecule has 0 saturated heterocycles. The molecule has 0 saturated carbocycles. The van der Waals surface area contributed by atoms with Crippen LogP contribution in [0.5, 0.6) is 0 Å². The molecule has 0 unspecified atom stereocenters. The molecule has 1 atom stereocenters. The van der Waals surface area contributed by atoms with Gasteiger partial charge in [0.1, 0.15) is 27.6 Å². The Morgan fingerprint density at radius 3 is 2.97 bits per heavy atom. The molecule has 1 aliphatic rings. The molecule has 178 valence electrons. The van der Waals surface area contributed by atoms with Crippen molar-refractivity contribution < 1.29 is 13.2 Å². The van der Waals surface area contributed by atoms with Crippen LogP contribution in [-0.2, 0) is 34.5 Å². The first-order valence-corrected chi connectivity index (χ1v) is 13.3. The van der Waals surface area contributed by atoms with E-state index in [0.717, 1.165) is 46.0 Å². The molecular weight excluding hydrogens is 454 g/mol. The number of aryl methyl sites for hydroxylation is 1. The minimum Gasteiger partial charge on any atom is -0.356 e. The zero-order chi connectivity index (χ0) is 23.9. The molecule has 5 rings (SSSR count). The molecule has 11 heteroatoms. The molecule has 0 bridgehead atoms. The van der Waals surface area contributed by atoms with Crippen LogP contribution in [0.2, 0.25) is 0 Å². The molecule has 1 amide bonds. The Labute approximate surface area is 197 Å². The quantitative estimate of drug-likeness (QED) is 0.345. The topological polar surface area (TPSA) is 135 Å². The number of aromatic nitrogens is 5. The van der Waals surface area contributed by atoms with Crippen LogP contribution in [0, 0.1) is 5.92 Å². The highest BCUT2D eigenvalue weighted by molar-refractivity contribution is 7.90. The van der Waals surface area contributed by atoms with Crippen molar-refractivity contribution in [2.24, 2.45) is 13.0 Å². The lowest BCUT2D eigenvalue weighted by Gasteiger charge is -2.23. The minimum absolute atomic E-state index is 0.0343. The van der Waals surface area contributed by atoms with E-state index in [1.807, 2.05) is 25.2 Å². The van der Waals surface area contributed by atoms with E-state index in [-0.39, 0.29) is 17.6 Å². The number of nitrogens with zero attached hydrogens (tertiary/aromatic N) is 4. The maximum absolute atomic E-state index is 12.8. The number of amides is 1. The van der Waals surface area contributed by atoms with Gasteiger partial charge in [-0.3, -0.25) is 9.89 Å². The van der Waals surface area contributed by atoms with Gasteiger partial charge in [0.05, 0.1) is 22.9 Å². The second kappa shape index (κ2) is 8.71. The van der Waals surface area contributed by atoms with E-state index in [4.69, 9.17) is 0 Å². The highest BCUT2D eigenvalue weighted by Crippen LogP contribution is 2.37. The van der Waals surface area contributed by atoms with Crippen LogP contribution in [0.25, 0.3) is 21.9 Å². The Bertz CT molecular complexity index is 1490. The third-order valence-corrected chi connectivity index (χ3v) is 7.48. The van der Waals surface area contributed by atoms with Crippen LogP contribution in [0.4, 0.5) is 11.5 Å². The molecule has 3 aromatic heterocycles. The molecule has 0 fully saturated rings. The van der Waals surface area contributed by atoms with Crippen molar-refractivity contribution in [1.82, 2.24) is 30.0 Å². The number of rotatable bonds is 7. The van der Waals surface area contributed by atoms with E-state index < -0.39 is 9.84 Å². The number of benzene rings is 1. The fourth-order valence-corrected chi connectivity index (χ4v) is 5.42. The highest BCUT2D eigenvalue weighted by Gasteiger charge is 2.30. The van der Waals surface area contributed by atoms with E-state index in [0.29, 0.717) is 25.2 Å². The van der Waals surface area contributed by atoms with Gasteiger partial charge >= 0.3 is 0 Å². The SMILES string of the molecule is Cn1c2c(c3c(Nc4ccc5[nH]ncc5c4)ncnc31)C[C@@H](C(=O)NCCCS(C)(=O)=O)CC2. The van der Waals surface area contributed by atoms with Gasteiger partial charge < -0.3 is 15.2 Å². The zero-order valence-corrected chi connectivity index (χ0v) is 19.9. The van der Waals surface area contributed by atoms with Crippen LogP contribution in [0.1, 0.15) is 24.1 Å². The minimum atomic E-state index is -3.03. The summed E-state index contributed by atoms with van der Waals surface area (Å²) in [6.07, 6.45) is 7.05. The number of hydrogen-bond donors (Lipinski definition) is 3. The third kappa shape index (κ3) is 4.35. The van der Waals surface area contributed by atoms with E-state index in [1.165, 1.54) is 11.9 Å². The summed E-state index contributed by atoms with van der Waals surface area (Å²) in [5.74, 6) is 0.570. The number of carbonyl (C=O) groups is 1. The first-order valence-electron chi connectivity index (χ1n) is 11.3. The number of carbonyl (C=O) groups excluding carboxylic acids is 1. The smallest absolute Gasteiger partial charge is 0.223 e. The van der Waals surface area contributed by atoms with Crippen molar-refractivity contribution in [3.8, 4) is 0 Å². The van der Waals surface area contributed by atoms with Gasteiger partial charge in [0.15, 0.2) is 0 Å². The third-order valence-electron chi connectivity index (χ3n) is 6.44. The first-order chi connectivity index (χ1) is 16.3. The van der Waals surface area contributed by atoms with Gasteiger partial charge in [-0.1, -0.05) is 0 Å². The van der Waals surface area contributed by atoms with Gasteiger partial charge in [-0.25, -0.2) is 18.4 Å². The van der Waals surface area contributed by atoms with Crippen molar-refractivity contribution in [2.45, 2.75) is 25.7 Å². The standard InChI is InChI=1S/C23H27N7O3S/c1-30-19-7-4-14(23(31)24-8-3-9-34(2,32)33)11-17(19)20-21(25-13-26-22(20)30)28-16-5-6-18-15(10-16)12-27-29-18/h5-6,10,12-14H,3-4,7-9,11H2,1-2H3,(H,24,31)(H,27,29)(H,25,26,28)/t14-/m0/s1. The Kier molecular flexibility index (Phi) is 5.72. The Balaban J connectivity index is 1.39. The predicted octanol–water partition coefficient (Wildman–Crippen LogP) is 2.24. The summed E-state index contributed by atoms with van der Waals surface area (Å²) < 4.78 is 24.7.